The Hall–Kier alpha value is -0.970. The van der Waals surface area contributed by atoms with Gasteiger partial charge in [-0.3, -0.25) is 9.78 Å². The number of nitrogens with one attached hydrogen (secondary N) is 1. The largest absolute Gasteiger partial charge is 0.351 e. The lowest BCUT2D eigenvalue weighted by Crippen LogP contribution is -2.30. The number of amides is 1. The topological polar surface area (TPSA) is 42.0 Å². The number of hydrogen-bond acceptors (Lipinski definition) is 2. The molecule has 0 saturated heterocycles. The third-order valence-electron chi connectivity index (χ3n) is 2.10. The zero-order valence-corrected chi connectivity index (χ0v) is 10.6. The van der Waals surface area contributed by atoms with Gasteiger partial charge < -0.3 is 5.32 Å². The quantitative estimate of drug-likeness (QED) is 0.846. The zero-order valence-electron chi connectivity index (χ0n) is 9.04. The molecule has 16 heavy (non-hydrogen) atoms. The van der Waals surface area contributed by atoms with E-state index in [1.807, 2.05) is 0 Å². The fourth-order valence-electron chi connectivity index (χ4n) is 1.27. The summed E-state index contributed by atoms with van der Waals surface area (Å²) in [6.45, 7) is 2.56. The molecule has 0 bridgehead atoms. The molecule has 0 radical (unpaired) electrons. The summed E-state index contributed by atoms with van der Waals surface area (Å²) in [6.07, 6.45) is 4.44. The molecule has 1 atom stereocenters. The van der Waals surface area contributed by atoms with Crippen molar-refractivity contribution in [2.24, 2.45) is 0 Å². The van der Waals surface area contributed by atoms with Gasteiger partial charge in [0.25, 0.3) is 5.91 Å². The average Bonchev–Trinajstić information content (AvgIpc) is 2.27. The zero-order chi connectivity index (χ0) is 12.0. The molecule has 1 unspecified atom stereocenters. The van der Waals surface area contributed by atoms with E-state index in [2.05, 4.69) is 33.2 Å². The summed E-state index contributed by atoms with van der Waals surface area (Å²) < 4.78 is 13.2. The fourth-order valence-corrected chi connectivity index (χ4v) is 1.89. The molecule has 1 N–H and O–H groups in total. The summed E-state index contributed by atoms with van der Waals surface area (Å²) in [5.41, 5.74) is 0.0335. The van der Waals surface area contributed by atoms with Crippen LogP contribution in [0.15, 0.2) is 18.5 Å². The summed E-state index contributed by atoms with van der Waals surface area (Å²) in [6, 6.07) is 1.37. The van der Waals surface area contributed by atoms with Crippen LogP contribution in [0.2, 0.25) is 0 Å². The van der Waals surface area contributed by atoms with Crippen LogP contribution in [0.1, 0.15) is 30.1 Å². The molecule has 0 spiro atoms. The van der Waals surface area contributed by atoms with Crippen molar-refractivity contribution in [3.05, 3.63) is 29.8 Å². The molecule has 0 aliphatic heterocycles. The van der Waals surface area contributed by atoms with Crippen LogP contribution >= 0.6 is 15.9 Å². The van der Waals surface area contributed by atoms with Crippen LogP contribution in [0, 0.1) is 5.82 Å². The number of alkyl halides is 1. The van der Waals surface area contributed by atoms with Gasteiger partial charge >= 0.3 is 0 Å². The summed E-state index contributed by atoms with van der Waals surface area (Å²) in [5.74, 6) is -0.998. The van der Waals surface area contributed by atoms with Crippen molar-refractivity contribution in [3.63, 3.8) is 0 Å². The maximum Gasteiger partial charge on any atom is 0.254 e. The van der Waals surface area contributed by atoms with Crippen molar-refractivity contribution >= 4 is 21.8 Å². The Balaban J connectivity index is 2.50. The van der Waals surface area contributed by atoms with E-state index in [0.717, 1.165) is 19.0 Å². The van der Waals surface area contributed by atoms with E-state index >= 15 is 0 Å². The lowest BCUT2D eigenvalue weighted by molar-refractivity contribution is 0.0949. The fraction of sp³-hybridized carbons (Fsp3) is 0.455. The average molecular weight is 289 g/mol. The van der Waals surface area contributed by atoms with Crippen molar-refractivity contribution in [2.75, 3.05) is 6.54 Å². The Morgan fingerprint density at radius 2 is 2.44 bits per heavy atom. The van der Waals surface area contributed by atoms with E-state index in [0.29, 0.717) is 6.54 Å². The highest BCUT2D eigenvalue weighted by atomic mass is 79.9. The maximum atomic E-state index is 13.2. The molecule has 3 nitrogen and oxygen atoms in total. The summed E-state index contributed by atoms with van der Waals surface area (Å²) in [7, 11) is 0. The minimum absolute atomic E-state index is 0.0335. The molecule has 5 heteroatoms. The van der Waals surface area contributed by atoms with E-state index in [-0.39, 0.29) is 10.4 Å². The molecule has 1 rings (SSSR count). The first-order valence-electron chi connectivity index (χ1n) is 5.17. The standard InChI is InChI=1S/C11H14BrFN2O/c1-2-3-8(12)6-15-11(16)9-4-5-14-7-10(9)13/h4-5,7-8H,2-3,6H2,1H3,(H,15,16). The van der Waals surface area contributed by atoms with Crippen LogP contribution < -0.4 is 5.32 Å². The van der Waals surface area contributed by atoms with Gasteiger partial charge in [0, 0.05) is 17.6 Å². The molecule has 88 valence electrons. The van der Waals surface area contributed by atoms with E-state index in [1.165, 1.54) is 12.3 Å². The summed E-state index contributed by atoms with van der Waals surface area (Å²) in [4.78, 5) is 15.4. The SMILES string of the molecule is CCCC(Br)CNC(=O)c1ccncc1F. The minimum atomic E-state index is -0.596. The number of nitrogens with zero attached hydrogens (tertiary/aromatic N) is 1. The highest BCUT2D eigenvalue weighted by Gasteiger charge is 2.12. The van der Waals surface area contributed by atoms with E-state index in [1.54, 1.807) is 0 Å². The molecular weight excluding hydrogens is 275 g/mol. The molecular formula is C11H14BrFN2O. The normalized spacial score (nSPS) is 12.2. The Morgan fingerprint density at radius 3 is 3.06 bits per heavy atom. The maximum absolute atomic E-state index is 13.2. The molecule has 1 aromatic heterocycles. The Kier molecular flexibility index (Phi) is 5.38. The number of hydrogen-bond donors (Lipinski definition) is 1. The van der Waals surface area contributed by atoms with Crippen molar-refractivity contribution in [2.45, 2.75) is 24.6 Å². The first-order valence-corrected chi connectivity index (χ1v) is 6.08. The van der Waals surface area contributed by atoms with Crippen molar-refractivity contribution < 1.29 is 9.18 Å². The van der Waals surface area contributed by atoms with Gasteiger partial charge in [0.15, 0.2) is 5.82 Å². The van der Waals surface area contributed by atoms with E-state index < -0.39 is 11.7 Å². The second-order valence-electron chi connectivity index (χ2n) is 3.45. The first-order chi connectivity index (χ1) is 7.65. The van der Waals surface area contributed by atoms with Crippen LogP contribution in [0.3, 0.4) is 0 Å². The van der Waals surface area contributed by atoms with Crippen LogP contribution in [-0.4, -0.2) is 22.3 Å². The Labute approximate surface area is 103 Å². The summed E-state index contributed by atoms with van der Waals surface area (Å²) >= 11 is 3.44. The van der Waals surface area contributed by atoms with Crippen LogP contribution in [0.4, 0.5) is 4.39 Å². The number of aromatic nitrogens is 1. The molecule has 1 amide bonds. The van der Waals surface area contributed by atoms with Crippen LogP contribution in [0.5, 0.6) is 0 Å². The van der Waals surface area contributed by atoms with Crippen LogP contribution in [0.25, 0.3) is 0 Å². The highest BCUT2D eigenvalue weighted by Crippen LogP contribution is 2.08. The highest BCUT2D eigenvalue weighted by molar-refractivity contribution is 9.09. The Bertz CT molecular complexity index is 360. The molecule has 0 fully saturated rings. The third-order valence-corrected chi connectivity index (χ3v) is 2.88. The van der Waals surface area contributed by atoms with Gasteiger partial charge in [-0.15, -0.1) is 0 Å². The number of pyridine rings is 1. The lowest BCUT2D eigenvalue weighted by Gasteiger charge is -2.10. The Morgan fingerprint density at radius 1 is 1.69 bits per heavy atom. The third kappa shape index (κ3) is 3.89. The predicted molar refractivity (Wildman–Crippen MR) is 64.2 cm³/mol. The molecule has 0 saturated carbocycles. The van der Waals surface area contributed by atoms with Crippen molar-refractivity contribution in [1.82, 2.24) is 10.3 Å². The second kappa shape index (κ2) is 6.58. The number of halogens is 2. The van der Waals surface area contributed by atoms with Gasteiger partial charge in [0.1, 0.15) is 0 Å². The van der Waals surface area contributed by atoms with Gasteiger partial charge in [0.2, 0.25) is 0 Å². The van der Waals surface area contributed by atoms with E-state index in [4.69, 9.17) is 0 Å². The molecule has 1 aromatic rings. The number of rotatable bonds is 5. The van der Waals surface area contributed by atoms with Gasteiger partial charge in [0.05, 0.1) is 11.8 Å². The van der Waals surface area contributed by atoms with Gasteiger partial charge in [-0.05, 0) is 12.5 Å². The van der Waals surface area contributed by atoms with E-state index in [9.17, 15) is 9.18 Å². The molecule has 0 aromatic carbocycles. The second-order valence-corrected chi connectivity index (χ2v) is 4.75. The van der Waals surface area contributed by atoms with Crippen LogP contribution in [-0.2, 0) is 0 Å². The smallest absolute Gasteiger partial charge is 0.254 e. The monoisotopic (exact) mass is 288 g/mol. The van der Waals surface area contributed by atoms with Crippen molar-refractivity contribution in [1.29, 1.82) is 0 Å². The van der Waals surface area contributed by atoms with Gasteiger partial charge in [-0.25, -0.2) is 4.39 Å². The number of carbonyl (C=O) groups excluding carboxylic acids is 1. The predicted octanol–water partition coefficient (Wildman–Crippen LogP) is 2.51. The lowest BCUT2D eigenvalue weighted by atomic mass is 10.2. The molecule has 1 heterocycles. The molecule has 0 aliphatic carbocycles. The summed E-state index contributed by atoms with van der Waals surface area (Å²) in [5, 5.41) is 2.67. The first kappa shape index (κ1) is 13.1. The number of carbonyl (C=O) groups is 1. The van der Waals surface area contributed by atoms with Gasteiger partial charge in [-0.1, -0.05) is 29.3 Å². The van der Waals surface area contributed by atoms with Crippen molar-refractivity contribution in [3.8, 4) is 0 Å². The molecule has 0 aliphatic rings. The van der Waals surface area contributed by atoms with Gasteiger partial charge in [-0.2, -0.15) is 0 Å². The minimum Gasteiger partial charge on any atom is -0.351 e.